The molecule has 1 aromatic carbocycles. The van der Waals surface area contributed by atoms with Crippen LogP contribution in [0.15, 0.2) is 34.3 Å². The van der Waals surface area contributed by atoms with Gasteiger partial charge in [0.05, 0.1) is 9.82 Å². The maximum Gasteiger partial charge on any atom is 0.284 e. The van der Waals surface area contributed by atoms with Crippen molar-refractivity contribution in [3.05, 3.63) is 50.8 Å². The molecular formula is C12H10ClN3O2S. The predicted octanol–water partition coefficient (Wildman–Crippen LogP) is 3.81. The maximum atomic E-state index is 11.0. The van der Waals surface area contributed by atoms with E-state index in [1.807, 2.05) is 19.9 Å². The third-order valence-electron chi connectivity index (χ3n) is 2.28. The van der Waals surface area contributed by atoms with Crippen molar-refractivity contribution in [2.24, 2.45) is 0 Å². The number of halogens is 1. The van der Waals surface area contributed by atoms with Crippen molar-refractivity contribution < 1.29 is 4.92 Å². The highest BCUT2D eigenvalue weighted by Gasteiger charge is 2.16. The van der Waals surface area contributed by atoms with Crippen LogP contribution >= 0.6 is 23.4 Å². The second kappa shape index (κ2) is 5.54. The van der Waals surface area contributed by atoms with Gasteiger partial charge < -0.3 is 0 Å². The average Bonchev–Trinajstić information content (AvgIpc) is 2.30. The standard InChI is InChI=1S/C12H10ClN3O2S/c1-7-5-8(2)15-12(14-7)19-11-4-3-9(13)6-10(11)16(17)18/h3-6H,1-2H3. The van der Waals surface area contributed by atoms with Crippen LogP contribution in [-0.2, 0) is 0 Å². The molecule has 1 aromatic heterocycles. The lowest BCUT2D eigenvalue weighted by Crippen LogP contribution is -1.95. The Bertz CT molecular complexity index is 629. The van der Waals surface area contributed by atoms with Gasteiger partial charge >= 0.3 is 0 Å². The van der Waals surface area contributed by atoms with E-state index in [1.165, 1.54) is 6.07 Å². The molecule has 0 aliphatic heterocycles. The lowest BCUT2D eigenvalue weighted by Gasteiger charge is -2.04. The highest BCUT2D eigenvalue weighted by Crippen LogP contribution is 2.34. The molecule has 0 saturated heterocycles. The first-order valence-electron chi connectivity index (χ1n) is 5.40. The van der Waals surface area contributed by atoms with E-state index in [9.17, 15) is 10.1 Å². The summed E-state index contributed by atoms with van der Waals surface area (Å²) in [4.78, 5) is 19.5. The highest BCUT2D eigenvalue weighted by atomic mass is 35.5. The quantitative estimate of drug-likeness (QED) is 0.489. The molecule has 98 valence electrons. The Morgan fingerprint density at radius 1 is 1.21 bits per heavy atom. The fourth-order valence-electron chi connectivity index (χ4n) is 1.56. The van der Waals surface area contributed by atoms with Crippen LogP contribution in [0.3, 0.4) is 0 Å². The minimum Gasteiger partial charge on any atom is -0.258 e. The van der Waals surface area contributed by atoms with Crippen LogP contribution in [0.2, 0.25) is 5.02 Å². The van der Waals surface area contributed by atoms with Crippen LogP contribution in [0.25, 0.3) is 0 Å². The molecule has 2 rings (SSSR count). The second-order valence-electron chi connectivity index (χ2n) is 3.90. The summed E-state index contributed by atoms with van der Waals surface area (Å²) in [5.41, 5.74) is 1.61. The van der Waals surface area contributed by atoms with Gasteiger partial charge in [0, 0.05) is 22.5 Å². The van der Waals surface area contributed by atoms with Gasteiger partial charge in [-0.05, 0) is 43.8 Å². The lowest BCUT2D eigenvalue weighted by molar-refractivity contribution is -0.387. The first-order valence-corrected chi connectivity index (χ1v) is 6.59. The van der Waals surface area contributed by atoms with E-state index < -0.39 is 4.92 Å². The molecule has 0 N–H and O–H groups in total. The largest absolute Gasteiger partial charge is 0.284 e. The number of nitrogens with zero attached hydrogens (tertiary/aromatic N) is 3. The van der Waals surface area contributed by atoms with E-state index >= 15 is 0 Å². The summed E-state index contributed by atoms with van der Waals surface area (Å²) in [6.07, 6.45) is 0. The van der Waals surface area contributed by atoms with Gasteiger partial charge in [0.1, 0.15) is 0 Å². The van der Waals surface area contributed by atoms with E-state index in [-0.39, 0.29) is 5.69 Å². The lowest BCUT2D eigenvalue weighted by atomic mass is 10.3. The minimum absolute atomic E-state index is 0.0414. The van der Waals surface area contributed by atoms with Crippen LogP contribution in [0.5, 0.6) is 0 Å². The molecule has 0 atom stereocenters. The molecule has 2 aromatic rings. The zero-order chi connectivity index (χ0) is 14.0. The Hall–Kier alpha value is -1.66. The van der Waals surface area contributed by atoms with Crippen LogP contribution in [0.1, 0.15) is 11.4 Å². The number of aryl methyl sites for hydroxylation is 2. The van der Waals surface area contributed by atoms with Crippen LogP contribution in [0.4, 0.5) is 5.69 Å². The van der Waals surface area contributed by atoms with Gasteiger partial charge in [0.25, 0.3) is 5.69 Å². The fraction of sp³-hybridized carbons (Fsp3) is 0.167. The van der Waals surface area contributed by atoms with E-state index in [0.717, 1.165) is 23.1 Å². The Morgan fingerprint density at radius 2 is 1.84 bits per heavy atom. The smallest absolute Gasteiger partial charge is 0.258 e. The van der Waals surface area contributed by atoms with Crippen molar-refractivity contribution in [3.63, 3.8) is 0 Å². The molecule has 0 aliphatic rings. The van der Waals surface area contributed by atoms with E-state index in [1.54, 1.807) is 12.1 Å². The first-order chi connectivity index (χ1) is 8.95. The van der Waals surface area contributed by atoms with Crippen molar-refractivity contribution in [3.8, 4) is 0 Å². The number of rotatable bonds is 3. The first kappa shape index (κ1) is 13.8. The van der Waals surface area contributed by atoms with Crippen molar-refractivity contribution >= 4 is 29.1 Å². The molecule has 0 unspecified atom stereocenters. The van der Waals surface area contributed by atoms with Gasteiger partial charge in [0.15, 0.2) is 5.16 Å². The van der Waals surface area contributed by atoms with Crippen LogP contribution in [0, 0.1) is 24.0 Å². The van der Waals surface area contributed by atoms with E-state index in [2.05, 4.69) is 9.97 Å². The Kier molecular flexibility index (Phi) is 4.01. The molecule has 0 bridgehead atoms. The van der Waals surface area contributed by atoms with Crippen LogP contribution < -0.4 is 0 Å². The van der Waals surface area contributed by atoms with Gasteiger partial charge in [-0.25, -0.2) is 9.97 Å². The summed E-state index contributed by atoms with van der Waals surface area (Å²) >= 11 is 6.93. The predicted molar refractivity (Wildman–Crippen MR) is 73.7 cm³/mol. The van der Waals surface area contributed by atoms with Gasteiger partial charge in [-0.3, -0.25) is 10.1 Å². The fourth-order valence-corrected chi connectivity index (χ4v) is 2.67. The number of benzene rings is 1. The topological polar surface area (TPSA) is 68.9 Å². The highest BCUT2D eigenvalue weighted by molar-refractivity contribution is 7.99. The molecular weight excluding hydrogens is 286 g/mol. The summed E-state index contributed by atoms with van der Waals surface area (Å²) in [5.74, 6) is 0. The molecule has 0 amide bonds. The SMILES string of the molecule is Cc1cc(C)nc(Sc2ccc(Cl)cc2[N+](=O)[O-])n1. The second-order valence-corrected chi connectivity index (χ2v) is 5.35. The summed E-state index contributed by atoms with van der Waals surface area (Å²) in [6, 6.07) is 6.39. The third kappa shape index (κ3) is 3.42. The Labute approximate surface area is 119 Å². The summed E-state index contributed by atoms with van der Waals surface area (Å²) in [7, 11) is 0. The molecule has 19 heavy (non-hydrogen) atoms. The molecule has 0 aliphatic carbocycles. The van der Waals surface area contributed by atoms with Gasteiger partial charge in [-0.15, -0.1) is 0 Å². The van der Waals surface area contributed by atoms with Crippen molar-refractivity contribution in [1.29, 1.82) is 0 Å². The summed E-state index contributed by atoms with van der Waals surface area (Å²) in [5, 5.41) is 11.8. The third-order valence-corrected chi connectivity index (χ3v) is 3.45. The van der Waals surface area contributed by atoms with Gasteiger partial charge in [-0.1, -0.05) is 11.6 Å². The average molecular weight is 296 g/mol. The molecule has 0 spiro atoms. The number of nitro groups is 1. The molecule has 0 radical (unpaired) electrons. The zero-order valence-electron chi connectivity index (χ0n) is 10.3. The number of hydrogen-bond donors (Lipinski definition) is 0. The van der Waals surface area contributed by atoms with Gasteiger partial charge in [-0.2, -0.15) is 0 Å². The van der Waals surface area contributed by atoms with E-state index in [0.29, 0.717) is 15.1 Å². The van der Waals surface area contributed by atoms with Crippen molar-refractivity contribution in [2.45, 2.75) is 23.9 Å². The van der Waals surface area contributed by atoms with E-state index in [4.69, 9.17) is 11.6 Å². The zero-order valence-corrected chi connectivity index (χ0v) is 11.8. The summed E-state index contributed by atoms with van der Waals surface area (Å²) in [6.45, 7) is 3.71. The normalized spacial score (nSPS) is 10.5. The summed E-state index contributed by atoms with van der Waals surface area (Å²) < 4.78 is 0. The molecule has 7 heteroatoms. The number of hydrogen-bond acceptors (Lipinski definition) is 5. The monoisotopic (exact) mass is 295 g/mol. The Balaban J connectivity index is 2.40. The molecule has 0 saturated carbocycles. The molecule has 5 nitrogen and oxygen atoms in total. The Morgan fingerprint density at radius 3 is 2.42 bits per heavy atom. The van der Waals surface area contributed by atoms with Crippen molar-refractivity contribution in [1.82, 2.24) is 9.97 Å². The van der Waals surface area contributed by atoms with Crippen molar-refractivity contribution in [2.75, 3.05) is 0 Å². The number of nitro benzene ring substituents is 1. The van der Waals surface area contributed by atoms with Gasteiger partial charge in [0.2, 0.25) is 0 Å². The number of aromatic nitrogens is 2. The molecule has 1 heterocycles. The molecule has 0 fully saturated rings. The van der Waals surface area contributed by atoms with Crippen LogP contribution in [-0.4, -0.2) is 14.9 Å². The minimum atomic E-state index is -0.461. The maximum absolute atomic E-state index is 11.0.